The summed E-state index contributed by atoms with van der Waals surface area (Å²) in [5, 5.41) is 16.9. The zero-order chi connectivity index (χ0) is 21.5. The molecule has 4 N–H and O–H groups in total. The molecule has 2 aromatic rings. The third-order valence-corrected chi connectivity index (χ3v) is 7.21. The van der Waals surface area contributed by atoms with Crippen molar-refractivity contribution in [3.8, 4) is 5.88 Å². The van der Waals surface area contributed by atoms with Crippen molar-refractivity contribution in [2.24, 2.45) is 9.50 Å². The molecule has 0 spiro atoms. The molecule has 0 fully saturated rings. The van der Waals surface area contributed by atoms with E-state index in [4.69, 9.17) is 9.88 Å². The van der Waals surface area contributed by atoms with Crippen LogP contribution in [0.2, 0.25) is 0 Å². The third kappa shape index (κ3) is 3.68. The largest absolute Gasteiger partial charge is 0.475 e. The average Bonchev–Trinajstić information content (AvgIpc) is 3.47. The number of aromatic nitrogens is 2. The molecule has 0 radical (unpaired) electrons. The van der Waals surface area contributed by atoms with Gasteiger partial charge in [-0.1, -0.05) is 6.92 Å². The van der Waals surface area contributed by atoms with Crippen LogP contribution in [0.3, 0.4) is 0 Å². The number of hydrogen-bond acceptors (Lipinski definition) is 5. The standard InChI is InChI=1S/C21H26N6O3S/c1-2-23-13-10-27-20(30-11-13)18(9-24-27)31(22)26-21(29)25-19-14-5-3-4-12(14)8-16-15(19)6-7-17(16)28/h8-9,13,23H,2-7,10-11H2,1H3,(H3,22,25,26,29). The van der Waals surface area contributed by atoms with Gasteiger partial charge in [-0.05, 0) is 55.0 Å². The molecule has 0 bridgehead atoms. The maximum atomic E-state index is 12.8. The fourth-order valence-corrected chi connectivity index (χ4v) is 5.54. The summed E-state index contributed by atoms with van der Waals surface area (Å²) in [4.78, 5) is 25.7. The molecule has 2 aliphatic carbocycles. The number of nitrogens with zero attached hydrogens (tertiary/aromatic N) is 3. The van der Waals surface area contributed by atoms with Gasteiger partial charge in [0.1, 0.15) is 11.5 Å². The van der Waals surface area contributed by atoms with Gasteiger partial charge in [0, 0.05) is 28.5 Å². The minimum absolute atomic E-state index is 0.148. The molecule has 2 amide bonds. The summed E-state index contributed by atoms with van der Waals surface area (Å²) in [6, 6.07) is 1.70. The number of rotatable bonds is 4. The number of ether oxygens (including phenoxy) is 1. The zero-order valence-corrected chi connectivity index (χ0v) is 18.3. The number of benzene rings is 1. The number of fused-ring (bicyclic) bond motifs is 3. The van der Waals surface area contributed by atoms with Crippen LogP contribution in [-0.2, 0) is 36.7 Å². The lowest BCUT2D eigenvalue weighted by atomic mass is 9.98. The molecule has 1 aliphatic heterocycles. The number of Topliss-reactive ketones (excluding diaryl/α,β-unsaturated/α-hetero) is 1. The van der Waals surface area contributed by atoms with E-state index in [1.165, 1.54) is 0 Å². The Labute approximate surface area is 182 Å². The van der Waals surface area contributed by atoms with E-state index in [-0.39, 0.29) is 11.8 Å². The highest BCUT2D eigenvalue weighted by Gasteiger charge is 2.29. The predicted molar refractivity (Wildman–Crippen MR) is 118 cm³/mol. The average molecular weight is 443 g/mol. The maximum absolute atomic E-state index is 12.8. The van der Waals surface area contributed by atoms with Crippen molar-refractivity contribution in [1.29, 1.82) is 0 Å². The summed E-state index contributed by atoms with van der Waals surface area (Å²) in [5.74, 6) is 0.721. The van der Waals surface area contributed by atoms with E-state index in [0.29, 0.717) is 36.8 Å². The molecule has 2 atom stereocenters. The fraction of sp³-hybridized carbons (Fsp3) is 0.476. The number of hydrogen-bond donors (Lipinski definition) is 3. The van der Waals surface area contributed by atoms with Gasteiger partial charge in [0.05, 0.1) is 18.8 Å². The molecule has 3 aliphatic rings. The second kappa shape index (κ2) is 8.18. The Bertz CT molecular complexity index is 1110. The number of likely N-dealkylation sites (N-methyl/N-ethyl adjacent to an activating group) is 1. The third-order valence-electron chi connectivity index (χ3n) is 6.12. The molecule has 31 heavy (non-hydrogen) atoms. The smallest absolute Gasteiger partial charge is 0.352 e. The topological polar surface area (TPSA) is 124 Å². The van der Waals surface area contributed by atoms with Gasteiger partial charge in [-0.2, -0.15) is 9.46 Å². The molecule has 2 unspecified atom stereocenters. The molecule has 2 heterocycles. The van der Waals surface area contributed by atoms with Crippen LogP contribution in [0, 0.1) is 0 Å². The van der Waals surface area contributed by atoms with Crippen molar-refractivity contribution >= 4 is 28.4 Å². The first kappa shape index (κ1) is 20.3. The van der Waals surface area contributed by atoms with E-state index < -0.39 is 16.9 Å². The van der Waals surface area contributed by atoms with Crippen LogP contribution in [0.1, 0.15) is 46.8 Å². The highest BCUT2D eigenvalue weighted by Crippen LogP contribution is 2.38. The first-order chi connectivity index (χ1) is 15.0. The molecule has 1 aromatic carbocycles. The first-order valence-electron chi connectivity index (χ1n) is 10.7. The minimum atomic E-state index is -1.20. The van der Waals surface area contributed by atoms with E-state index in [1.54, 1.807) is 10.9 Å². The van der Waals surface area contributed by atoms with E-state index >= 15 is 0 Å². The van der Waals surface area contributed by atoms with Crippen molar-refractivity contribution in [3.05, 3.63) is 34.5 Å². The van der Waals surface area contributed by atoms with Gasteiger partial charge < -0.3 is 15.4 Å². The number of anilines is 1. The van der Waals surface area contributed by atoms with Gasteiger partial charge in [-0.25, -0.2) is 9.48 Å². The van der Waals surface area contributed by atoms with Crippen molar-refractivity contribution in [2.45, 2.75) is 56.5 Å². The van der Waals surface area contributed by atoms with Crippen LogP contribution in [0.4, 0.5) is 10.5 Å². The van der Waals surface area contributed by atoms with Gasteiger partial charge in [-0.3, -0.25) is 9.93 Å². The SMILES string of the molecule is CCNC1COc2c(S(N)=NC(=O)Nc3c4c(cc5c3CCC5=O)CCC4)cnn2C1. The van der Waals surface area contributed by atoms with Crippen LogP contribution in [0.15, 0.2) is 21.5 Å². The lowest BCUT2D eigenvalue weighted by Crippen LogP contribution is -2.41. The number of carbonyl (C=O) groups excluding carboxylic acids is 2. The summed E-state index contributed by atoms with van der Waals surface area (Å²) in [6.07, 6.45) is 5.64. The quantitative estimate of drug-likeness (QED) is 0.667. The number of amides is 2. The second-order valence-corrected chi connectivity index (χ2v) is 9.34. The Kier molecular flexibility index (Phi) is 5.37. The lowest BCUT2D eigenvalue weighted by Gasteiger charge is -2.25. The van der Waals surface area contributed by atoms with Gasteiger partial charge in [0.25, 0.3) is 0 Å². The highest BCUT2D eigenvalue weighted by atomic mass is 32.2. The Morgan fingerprint density at radius 2 is 2.23 bits per heavy atom. The fourth-order valence-electron chi connectivity index (χ4n) is 4.72. The summed E-state index contributed by atoms with van der Waals surface area (Å²) in [5.41, 5.74) is 4.74. The Morgan fingerprint density at radius 3 is 3.06 bits per heavy atom. The Morgan fingerprint density at radius 1 is 1.35 bits per heavy atom. The van der Waals surface area contributed by atoms with E-state index in [0.717, 1.165) is 53.7 Å². The molecular weight excluding hydrogens is 416 g/mol. The molecular formula is C21H26N6O3S. The van der Waals surface area contributed by atoms with Crippen molar-refractivity contribution < 1.29 is 14.3 Å². The highest BCUT2D eigenvalue weighted by molar-refractivity contribution is 7.85. The van der Waals surface area contributed by atoms with Crippen LogP contribution in [0.5, 0.6) is 5.88 Å². The molecule has 0 saturated carbocycles. The Hall–Kier alpha value is -2.56. The van der Waals surface area contributed by atoms with Crippen LogP contribution in [0.25, 0.3) is 0 Å². The normalized spacial score (nSPS) is 20.2. The summed E-state index contributed by atoms with van der Waals surface area (Å²) < 4.78 is 11.8. The number of carbonyl (C=O) groups is 2. The number of nitrogens with one attached hydrogen (secondary N) is 2. The van der Waals surface area contributed by atoms with Crippen LogP contribution < -0.4 is 20.5 Å². The summed E-state index contributed by atoms with van der Waals surface area (Å²) in [6.45, 7) is 4.11. The molecule has 10 heteroatoms. The predicted octanol–water partition coefficient (Wildman–Crippen LogP) is 2.14. The van der Waals surface area contributed by atoms with Gasteiger partial charge >= 0.3 is 6.03 Å². The minimum Gasteiger partial charge on any atom is -0.475 e. The van der Waals surface area contributed by atoms with Crippen molar-refractivity contribution in [3.63, 3.8) is 0 Å². The van der Waals surface area contributed by atoms with Crippen LogP contribution >= 0.6 is 0 Å². The monoisotopic (exact) mass is 442 g/mol. The second-order valence-electron chi connectivity index (χ2n) is 8.09. The lowest BCUT2D eigenvalue weighted by molar-refractivity contribution is 0.0994. The van der Waals surface area contributed by atoms with E-state index in [2.05, 4.69) is 20.1 Å². The maximum Gasteiger partial charge on any atom is 0.352 e. The van der Waals surface area contributed by atoms with E-state index in [9.17, 15) is 9.59 Å². The van der Waals surface area contributed by atoms with Gasteiger partial charge in [-0.15, -0.1) is 0 Å². The Balaban J connectivity index is 1.39. The molecule has 0 saturated heterocycles. The van der Waals surface area contributed by atoms with E-state index in [1.807, 2.05) is 13.0 Å². The van der Waals surface area contributed by atoms with Crippen molar-refractivity contribution in [1.82, 2.24) is 15.1 Å². The summed E-state index contributed by atoms with van der Waals surface area (Å²) in [7, 11) is -1.20. The zero-order valence-electron chi connectivity index (χ0n) is 17.4. The first-order valence-corrected chi connectivity index (χ1v) is 11.9. The van der Waals surface area contributed by atoms with Crippen molar-refractivity contribution in [2.75, 3.05) is 18.5 Å². The number of nitrogens with two attached hydrogens (primary N) is 1. The number of urea groups is 1. The molecule has 9 nitrogen and oxygen atoms in total. The molecule has 1 aromatic heterocycles. The number of ketones is 1. The van der Waals surface area contributed by atoms with Gasteiger partial charge in [0.2, 0.25) is 5.88 Å². The molecule has 164 valence electrons. The molecule has 5 rings (SSSR count). The number of aryl methyl sites for hydroxylation is 1. The van der Waals surface area contributed by atoms with Gasteiger partial charge in [0.15, 0.2) is 5.78 Å². The van der Waals surface area contributed by atoms with Crippen LogP contribution in [-0.4, -0.2) is 40.8 Å². The summed E-state index contributed by atoms with van der Waals surface area (Å²) >= 11 is 0.